The molecule has 5 heteroatoms. The molecular formula is C12H13ClFNO2. The number of nitrogens with one attached hydrogen (secondary N) is 1. The highest BCUT2D eigenvalue weighted by Gasteiger charge is 2.22. The predicted molar refractivity (Wildman–Crippen MR) is 63.4 cm³/mol. The Kier molecular flexibility index (Phi) is 4.63. The van der Waals surface area contributed by atoms with Crippen molar-refractivity contribution in [3.63, 3.8) is 0 Å². The van der Waals surface area contributed by atoms with Gasteiger partial charge in [0.15, 0.2) is 0 Å². The fraction of sp³-hybridized carbons (Fsp3) is 0.333. The first kappa shape index (κ1) is 13.6. The van der Waals surface area contributed by atoms with E-state index in [4.69, 9.17) is 11.6 Å². The summed E-state index contributed by atoms with van der Waals surface area (Å²) in [5.74, 6) is -1.15. The summed E-state index contributed by atoms with van der Waals surface area (Å²) in [5, 5.41) is 1.84. The van der Waals surface area contributed by atoms with Crippen molar-refractivity contribution in [1.82, 2.24) is 5.32 Å². The minimum absolute atomic E-state index is 0.127. The Balaban J connectivity index is 2.81. The first-order valence-corrected chi connectivity index (χ1v) is 5.55. The second-order valence-corrected chi connectivity index (χ2v) is 4.38. The molecule has 0 aromatic heterocycles. The molecule has 0 bridgehead atoms. The van der Waals surface area contributed by atoms with Crippen LogP contribution in [0.2, 0.25) is 0 Å². The van der Waals surface area contributed by atoms with Gasteiger partial charge in [-0.3, -0.25) is 9.59 Å². The Labute approximate surface area is 104 Å². The highest BCUT2D eigenvalue weighted by molar-refractivity contribution is 6.64. The maximum Gasteiger partial charge on any atom is 0.252 e. The van der Waals surface area contributed by atoms with Crippen molar-refractivity contribution >= 4 is 22.8 Å². The Hall–Kier alpha value is -1.42. The van der Waals surface area contributed by atoms with Crippen molar-refractivity contribution in [1.29, 1.82) is 0 Å². The average molecular weight is 258 g/mol. The standard InChI is InChI=1S/C12H13ClFNO2/c1-7(2)10(11(13)16)15-12(17)8-4-3-5-9(14)6-8/h3-7,10H,1-2H3,(H,15,17). The molecule has 92 valence electrons. The zero-order chi connectivity index (χ0) is 13.0. The van der Waals surface area contributed by atoms with E-state index in [1.54, 1.807) is 13.8 Å². The van der Waals surface area contributed by atoms with E-state index in [0.717, 1.165) is 6.07 Å². The van der Waals surface area contributed by atoms with Gasteiger partial charge in [0.25, 0.3) is 5.91 Å². The van der Waals surface area contributed by atoms with E-state index in [1.807, 2.05) is 0 Å². The minimum atomic E-state index is -0.771. The Morgan fingerprint density at radius 1 is 1.35 bits per heavy atom. The van der Waals surface area contributed by atoms with Gasteiger partial charge in [-0.15, -0.1) is 0 Å². The van der Waals surface area contributed by atoms with Crippen LogP contribution in [-0.2, 0) is 4.79 Å². The molecule has 0 fully saturated rings. The maximum absolute atomic E-state index is 12.9. The molecular weight excluding hydrogens is 245 g/mol. The number of carbonyl (C=O) groups excluding carboxylic acids is 2. The van der Waals surface area contributed by atoms with Crippen LogP contribution in [0.15, 0.2) is 24.3 Å². The molecule has 0 radical (unpaired) electrons. The van der Waals surface area contributed by atoms with Gasteiger partial charge >= 0.3 is 0 Å². The van der Waals surface area contributed by atoms with E-state index < -0.39 is 23.0 Å². The van der Waals surface area contributed by atoms with E-state index >= 15 is 0 Å². The summed E-state index contributed by atoms with van der Waals surface area (Å²) < 4.78 is 12.9. The molecule has 0 aliphatic heterocycles. The van der Waals surface area contributed by atoms with Crippen molar-refractivity contribution in [2.24, 2.45) is 5.92 Å². The highest BCUT2D eigenvalue weighted by atomic mass is 35.5. The molecule has 0 spiro atoms. The van der Waals surface area contributed by atoms with Gasteiger partial charge in [-0.25, -0.2) is 4.39 Å². The van der Waals surface area contributed by atoms with E-state index in [0.29, 0.717) is 0 Å². The summed E-state index contributed by atoms with van der Waals surface area (Å²) in [6.07, 6.45) is 0. The van der Waals surface area contributed by atoms with E-state index in [9.17, 15) is 14.0 Å². The molecule has 3 nitrogen and oxygen atoms in total. The number of hydrogen-bond acceptors (Lipinski definition) is 2. The molecule has 17 heavy (non-hydrogen) atoms. The molecule has 1 unspecified atom stereocenters. The van der Waals surface area contributed by atoms with Gasteiger partial charge < -0.3 is 5.32 Å². The van der Waals surface area contributed by atoms with Crippen LogP contribution in [0.3, 0.4) is 0 Å². The van der Waals surface area contributed by atoms with Crippen LogP contribution in [0.4, 0.5) is 4.39 Å². The van der Waals surface area contributed by atoms with Gasteiger partial charge in [-0.1, -0.05) is 19.9 Å². The molecule has 0 saturated heterocycles. The van der Waals surface area contributed by atoms with Crippen molar-refractivity contribution < 1.29 is 14.0 Å². The average Bonchev–Trinajstić information content (AvgIpc) is 2.24. The van der Waals surface area contributed by atoms with Gasteiger partial charge in [0, 0.05) is 5.56 Å². The normalized spacial score (nSPS) is 12.3. The van der Waals surface area contributed by atoms with Crippen LogP contribution in [0, 0.1) is 11.7 Å². The number of amides is 1. The topological polar surface area (TPSA) is 46.2 Å². The Bertz CT molecular complexity index is 434. The molecule has 1 amide bonds. The minimum Gasteiger partial charge on any atom is -0.341 e. The Morgan fingerprint density at radius 3 is 2.47 bits per heavy atom. The summed E-state index contributed by atoms with van der Waals surface area (Å²) in [7, 11) is 0. The SMILES string of the molecule is CC(C)C(NC(=O)c1cccc(F)c1)C(=O)Cl. The lowest BCUT2D eigenvalue weighted by Gasteiger charge is -2.18. The molecule has 1 atom stereocenters. The fourth-order valence-corrected chi connectivity index (χ4v) is 1.65. The molecule has 0 aliphatic rings. The van der Waals surface area contributed by atoms with Crippen LogP contribution >= 0.6 is 11.6 Å². The third-order valence-electron chi connectivity index (χ3n) is 2.28. The molecule has 0 saturated carbocycles. The van der Waals surface area contributed by atoms with Crippen LogP contribution < -0.4 is 5.32 Å². The van der Waals surface area contributed by atoms with Crippen molar-refractivity contribution in [3.8, 4) is 0 Å². The predicted octanol–water partition coefficient (Wildman–Crippen LogP) is 2.35. The van der Waals surface area contributed by atoms with E-state index in [-0.39, 0.29) is 11.5 Å². The number of rotatable bonds is 4. The lowest BCUT2D eigenvalue weighted by atomic mass is 10.1. The third kappa shape index (κ3) is 3.82. The number of carbonyl (C=O) groups is 2. The highest BCUT2D eigenvalue weighted by Crippen LogP contribution is 2.08. The van der Waals surface area contributed by atoms with Crippen LogP contribution in [0.1, 0.15) is 24.2 Å². The fourth-order valence-electron chi connectivity index (χ4n) is 1.34. The van der Waals surface area contributed by atoms with Gasteiger partial charge in [-0.05, 0) is 35.7 Å². The van der Waals surface area contributed by atoms with Gasteiger partial charge in [0.2, 0.25) is 5.24 Å². The molecule has 1 aromatic carbocycles. The van der Waals surface area contributed by atoms with E-state index in [1.165, 1.54) is 18.2 Å². The zero-order valence-corrected chi connectivity index (χ0v) is 10.3. The second kappa shape index (κ2) is 5.77. The zero-order valence-electron chi connectivity index (χ0n) is 9.54. The molecule has 1 N–H and O–H groups in total. The monoisotopic (exact) mass is 257 g/mol. The summed E-state index contributed by atoms with van der Waals surface area (Å²) in [5.41, 5.74) is 0.161. The maximum atomic E-state index is 12.9. The largest absolute Gasteiger partial charge is 0.341 e. The van der Waals surface area contributed by atoms with Crippen LogP contribution in [-0.4, -0.2) is 17.2 Å². The molecule has 0 heterocycles. The third-order valence-corrected chi connectivity index (χ3v) is 2.52. The number of benzene rings is 1. The molecule has 0 aliphatic carbocycles. The van der Waals surface area contributed by atoms with Crippen molar-refractivity contribution in [2.75, 3.05) is 0 Å². The lowest BCUT2D eigenvalue weighted by Crippen LogP contribution is -2.42. The summed E-state index contributed by atoms with van der Waals surface area (Å²) >= 11 is 5.37. The lowest BCUT2D eigenvalue weighted by molar-refractivity contribution is -0.114. The summed E-state index contributed by atoms with van der Waals surface area (Å²) in [6.45, 7) is 3.52. The summed E-state index contributed by atoms with van der Waals surface area (Å²) in [6, 6.07) is 4.47. The first-order valence-electron chi connectivity index (χ1n) is 5.17. The van der Waals surface area contributed by atoms with Gasteiger partial charge in [0.1, 0.15) is 11.9 Å². The smallest absolute Gasteiger partial charge is 0.252 e. The summed E-state index contributed by atoms with van der Waals surface area (Å²) in [4.78, 5) is 22.8. The van der Waals surface area contributed by atoms with Gasteiger partial charge in [-0.2, -0.15) is 0 Å². The van der Waals surface area contributed by atoms with Crippen LogP contribution in [0.5, 0.6) is 0 Å². The second-order valence-electron chi connectivity index (χ2n) is 4.01. The van der Waals surface area contributed by atoms with E-state index in [2.05, 4.69) is 5.32 Å². The quantitative estimate of drug-likeness (QED) is 0.842. The molecule has 1 rings (SSSR count). The Morgan fingerprint density at radius 2 is 2.00 bits per heavy atom. The van der Waals surface area contributed by atoms with Crippen molar-refractivity contribution in [2.45, 2.75) is 19.9 Å². The van der Waals surface area contributed by atoms with Gasteiger partial charge in [0.05, 0.1) is 0 Å². The first-order chi connectivity index (χ1) is 7.91. The van der Waals surface area contributed by atoms with Crippen LogP contribution in [0.25, 0.3) is 0 Å². The van der Waals surface area contributed by atoms with Crippen molar-refractivity contribution in [3.05, 3.63) is 35.6 Å². The number of halogens is 2. The molecule has 1 aromatic rings. The number of hydrogen-bond donors (Lipinski definition) is 1.